The van der Waals surface area contributed by atoms with Crippen molar-refractivity contribution >= 4 is 71.0 Å². The van der Waals surface area contributed by atoms with Crippen LogP contribution >= 0.6 is 11.8 Å². The number of aliphatic hydroxyl groups excluding tert-OH is 1. The number of nitrogens with two attached hydrogens (primary N) is 2. The van der Waals surface area contributed by atoms with Crippen LogP contribution in [0.5, 0.6) is 0 Å². The first-order chi connectivity index (χ1) is 31.2. The average Bonchev–Trinajstić information content (AvgIpc) is 3.77. The third-order valence-corrected chi connectivity index (χ3v) is 11.3. The number of aliphatic carboxylic acids is 3. The van der Waals surface area contributed by atoms with Gasteiger partial charge in [-0.1, -0.05) is 44.2 Å². The topological polar surface area (TPSA) is 379 Å². The maximum atomic E-state index is 13.9. The molecule has 2 rings (SSSR count). The molecule has 1 aromatic carbocycles. The van der Waals surface area contributed by atoms with Crippen LogP contribution in [0.3, 0.4) is 0 Å². The first-order valence-electron chi connectivity index (χ1n) is 21.6. The molecule has 1 aliphatic rings. The van der Waals surface area contributed by atoms with E-state index >= 15 is 0 Å². The molecular formula is C42H65N9O14S. The van der Waals surface area contributed by atoms with E-state index in [4.69, 9.17) is 11.5 Å². The van der Waals surface area contributed by atoms with Gasteiger partial charge in [0.15, 0.2) is 0 Å². The second-order valence-corrected chi connectivity index (χ2v) is 17.1. The minimum Gasteiger partial charge on any atom is -0.481 e. The largest absolute Gasteiger partial charge is 0.481 e. The molecule has 0 spiro atoms. The van der Waals surface area contributed by atoms with Gasteiger partial charge in [-0.3, -0.25) is 43.2 Å². The van der Waals surface area contributed by atoms with Crippen molar-refractivity contribution < 1.29 is 68.4 Å². The molecule has 8 unspecified atom stereocenters. The Labute approximate surface area is 386 Å². The number of benzene rings is 1. The molecule has 0 aliphatic carbocycles. The Kier molecular flexibility index (Phi) is 24.7. The van der Waals surface area contributed by atoms with Crippen LogP contribution in [0.2, 0.25) is 0 Å². The van der Waals surface area contributed by atoms with Crippen molar-refractivity contribution in [1.29, 1.82) is 0 Å². The van der Waals surface area contributed by atoms with Gasteiger partial charge in [-0.2, -0.15) is 11.8 Å². The predicted molar refractivity (Wildman–Crippen MR) is 239 cm³/mol. The van der Waals surface area contributed by atoms with E-state index in [-0.39, 0.29) is 45.2 Å². The standard InChI is InChI=1S/C42H65N9O14S/c1-23(2)34(42(64)65)50-39(61)28(20-24-10-5-4-6-11-24)47-36(58)26(12-7-8-17-43)46-40(62)31-13-9-18-51(31)41(63)30(22-52)49-38(60)29(21-33(55)56)48-37(59)27(14-15-32(53)54)45-35(57)25(44)16-19-66-3/h4-6,10-11,23,25-31,34,52H,7-9,12-22,43-44H2,1-3H3,(H,45,57)(H,46,62)(H,47,58)(H,48,59)(H,49,60)(H,50,61)(H,53,54)(H,55,56)(H,64,65). The van der Waals surface area contributed by atoms with E-state index in [1.807, 2.05) is 0 Å². The molecule has 24 heteroatoms. The number of aliphatic hydroxyl groups is 1. The second-order valence-electron chi connectivity index (χ2n) is 16.1. The summed E-state index contributed by atoms with van der Waals surface area (Å²) in [7, 11) is 0. The van der Waals surface area contributed by atoms with E-state index < -0.39 is 139 Å². The fraction of sp³-hybridized carbons (Fsp3) is 0.619. The summed E-state index contributed by atoms with van der Waals surface area (Å²) in [4.78, 5) is 131. The normalized spacial score (nSPS) is 16.6. The van der Waals surface area contributed by atoms with Gasteiger partial charge in [0.05, 0.1) is 19.1 Å². The van der Waals surface area contributed by atoms with E-state index in [1.165, 1.54) is 11.8 Å². The zero-order valence-corrected chi connectivity index (χ0v) is 38.2. The molecule has 1 fully saturated rings. The van der Waals surface area contributed by atoms with Gasteiger partial charge in [0.2, 0.25) is 41.4 Å². The van der Waals surface area contributed by atoms with Gasteiger partial charge >= 0.3 is 17.9 Å². The first kappa shape index (κ1) is 56.3. The van der Waals surface area contributed by atoms with Gasteiger partial charge in [0.25, 0.3) is 0 Å². The number of hydrogen-bond donors (Lipinski definition) is 12. The third-order valence-electron chi connectivity index (χ3n) is 10.6. The summed E-state index contributed by atoms with van der Waals surface area (Å²) < 4.78 is 0. The lowest BCUT2D eigenvalue weighted by molar-refractivity contribution is -0.144. The van der Waals surface area contributed by atoms with Crippen LogP contribution in [0.1, 0.15) is 77.2 Å². The van der Waals surface area contributed by atoms with Crippen LogP contribution < -0.4 is 43.4 Å². The number of carboxylic acid groups (broad SMARTS) is 3. The minimum absolute atomic E-state index is 0.0302. The molecule has 1 aromatic rings. The van der Waals surface area contributed by atoms with Gasteiger partial charge in [-0.25, -0.2) is 4.79 Å². The molecule has 7 amide bonds. The minimum atomic E-state index is -1.90. The maximum absolute atomic E-state index is 13.9. The Morgan fingerprint density at radius 1 is 0.727 bits per heavy atom. The third kappa shape index (κ3) is 18.9. The number of rotatable bonds is 30. The van der Waals surface area contributed by atoms with Crippen LogP contribution in [-0.4, -0.2) is 165 Å². The summed E-state index contributed by atoms with van der Waals surface area (Å²) in [6.45, 7) is 2.40. The van der Waals surface area contributed by atoms with E-state index in [2.05, 4.69) is 31.9 Å². The molecule has 0 aromatic heterocycles. The second kappa shape index (κ2) is 28.9. The number of likely N-dealkylation sites (tertiary alicyclic amines) is 1. The van der Waals surface area contributed by atoms with Crippen molar-refractivity contribution in [2.75, 3.05) is 31.7 Å². The van der Waals surface area contributed by atoms with Crippen LogP contribution in [0.4, 0.5) is 0 Å². The summed E-state index contributed by atoms with van der Waals surface area (Å²) >= 11 is 1.41. The number of unbranched alkanes of at least 4 members (excludes halogenated alkanes) is 1. The number of carbonyl (C=O) groups is 10. The van der Waals surface area contributed by atoms with Crippen molar-refractivity contribution in [3.63, 3.8) is 0 Å². The molecule has 0 saturated carbocycles. The van der Waals surface area contributed by atoms with Crippen molar-refractivity contribution in [2.45, 2.75) is 126 Å². The molecule has 23 nitrogen and oxygen atoms in total. The van der Waals surface area contributed by atoms with Gasteiger partial charge in [0, 0.05) is 19.4 Å². The summed E-state index contributed by atoms with van der Waals surface area (Å²) in [6, 6.07) is -2.69. The monoisotopic (exact) mass is 951 g/mol. The number of carboxylic acids is 3. The van der Waals surface area contributed by atoms with Crippen LogP contribution in [0.15, 0.2) is 30.3 Å². The molecule has 0 radical (unpaired) electrons. The summed E-state index contributed by atoms with van der Waals surface area (Å²) in [6.07, 6.45) is 1.13. The Morgan fingerprint density at radius 3 is 1.86 bits per heavy atom. The fourth-order valence-electron chi connectivity index (χ4n) is 6.94. The van der Waals surface area contributed by atoms with Crippen molar-refractivity contribution in [1.82, 2.24) is 36.8 Å². The van der Waals surface area contributed by atoms with Crippen molar-refractivity contribution in [2.24, 2.45) is 17.4 Å². The van der Waals surface area contributed by atoms with E-state index in [1.54, 1.807) is 50.4 Å². The molecule has 1 aliphatic heterocycles. The SMILES string of the molecule is CSCCC(N)C(=O)NC(CCC(=O)O)C(=O)NC(CC(=O)O)C(=O)NC(CO)C(=O)N1CCCC1C(=O)NC(CCCCN)C(=O)NC(Cc1ccccc1)C(=O)NC(C(=O)O)C(C)C. The van der Waals surface area contributed by atoms with Gasteiger partial charge in [0.1, 0.15) is 42.3 Å². The quantitative estimate of drug-likeness (QED) is 0.0352. The zero-order chi connectivity index (χ0) is 49.5. The lowest BCUT2D eigenvalue weighted by Gasteiger charge is -2.30. The number of nitrogens with one attached hydrogen (secondary N) is 6. The fourth-order valence-corrected chi connectivity index (χ4v) is 7.43. The van der Waals surface area contributed by atoms with E-state index in [9.17, 15) is 68.4 Å². The maximum Gasteiger partial charge on any atom is 0.326 e. The summed E-state index contributed by atoms with van der Waals surface area (Å²) in [5.41, 5.74) is 12.2. The Bertz CT molecular complexity index is 1840. The van der Waals surface area contributed by atoms with Gasteiger partial charge in [-0.15, -0.1) is 0 Å². The van der Waals surface area contributed by atoms with Crippen LogP contribution in [0.25, 0.3) is 0 Å². The Balaban J connectivity index is 2.30. The van der Waals surface area contributed by atoms with Crippen molar-refractivity contribution in [3.8, 4) is 0 Å². The van der Waals surface area contributed by atoms with Gasteiger partial charge in [-0.05, 0) is 75.0 Å². The predicted octanol–water partition coefficient (Wildman–Crippen LogP) is -2.59. The van der Waals surface area contributed by atoms with Crippen molar-refractivity contribution in [3.05, 3.63) is 35.9 Å². The Morgan fingerprint density at radius 2 is 1.30 bits per heavy atom. The number of thioether (sulfide) groups is 1. The highest BCUT2D eigenvalue weighted by Crippen LogP contribution is 2.20. The highest BCUT2D eigenvalue weighted by Gasteiger charge is 2.40. The van der Waals surface area contributed by atoms with Crippen LogP contribution in [-0.2, 0) is 54.4 Å². The summed E-state index contributed by atoms with van der Waals surface area (Å²) in [5, 5.41) is 53.3. The van der Waals surface area contributed by atoms with E-state index in [0.717, 1.165) is 4.90 Å². The van der Waals surface area contributed by atoms with Crippen LogP contribution in [0, 0.1) is 5.92 Å². The lowest BCUT2D eigenvalue weighted by atomic mass is 10.0. The number of carbonyl (C=O) groups excluding carboxylic acids is 7. The number of amides is 7. The molecule has 66 heavy (non-hydrogen) atoms. The Hall–Kier alpha value is -5.85. The molecule has 8 atom stereocenters. The molecule has 368 valence electrons. The molecule has 14 N–H and O–H groups in total. The molecule has 1 saturated heterocycles. The number of hydrogen-bond acceptors (Lipinski definition) is 14. The first-order valence-corrected chi connectivity index (χ1v) is 23.0. The molecule has 0 bridgehead atoms. The smallest absolute Gasteiger partial charge is 0.326 e. The molecular weight excluding hydrogens is 887 g/mol. The lowest BCUT2D eigenvalue weighted by Crippen LogP contribution is -2.61. The zero-order valence-electron chi connectivity index (χ0n) is 37.4. The average molecular weight is 952 g/mol. The molecule has 1 heterocycles. The van der Waals surface area contributed by atoms with E-state index in [0.29, 0.717) is 24.2 Å². The van der Waals surface area contributed by atoms with Gasteiger partial charge < -0.3 is 68.7 Å². The highest BCUT2D eigenvalue weighted by atomic mass is 32.2. The number of nitrogens with zero attached hydrogens (tertiary/aromatic N) is 1. The summed E-state index contributed by atoms with van der Waals surface area (Å²) in [5.74, 6) is -10.6. The highest BCUT2D eigenvalue weighted by molar-refractivity contribution is 7.98.